The highest BCUT2D eigenvalue weighted by Crippen LogP contribution is 2.41. The summed E-state index contributed by atoms with van der Waals surface area (Å²) in [5.74, 6) is 2.28. The molecule has 3 aromatic heterocycles. The second-order valence-corrected chi connectivity index (χ2v) is 9.24. The van der Waals surface area contributed by atoms with Crippen molar-refractivity contribution in [2.45, 2.75) is 33.1 Å². The van der Waals surface area contributed by atoms with Gasteiger partial charge in [0.05, 0.1) is 50.3 Å². The third-order valence-electron chi connectivity index (χ3n) is 6.61. The number of H-pyrrole nitrogens is 1. The predicted octanol–water partition coefficient (Wildman–Crippen LogP) is 1.32. The van der Waals surface area contributed by atoms with E-state index in [1.807, 2.05) is 0 Å². The van der Waals surface area contributed by atoms with Crippen molar-refractivity contribution >= 4 is 43.4 Å². The van der Waals surface area contributed by atoms with Gasteiger partial charge in [0, 0.05) is 5.56 Å². The van der Waals surface area contributed by atoms with Crippen molar-refractivity contribution in [3.05, 3.63) is 17.5 Å². The zero-order valence-electron chi connectivity index (χ0n) is 18.0. The molecule has 0 unspecified atom stereocenters. The van der Waals surface area contributed by atoms with Crippen LogP contribution in [0, 0.1) is 0 Å². The standard InChI is InChI=1S/C22H30N6OS/c1-3-27(4-2)9-8-23-20-19-18(24-14-25-20)17-15-6-5-7-16(15)21(26-22(17)30-19)28-10-12-29-13-11-28/h14H,3-13H2,1-2H3,(H,23,24,25)/p+2. The molecule has 8 heteroatoms. The van der Waals surface area contributed by atoms with Crippen molar-refractivity contribution in [3.8, 4) is 0 Å². The molecule has 1 aliphatic carbocycles. The van der Waals surface area contributed by atoms with Gasteiger partial charge in [0.25, 0.3) is 5.82 Å². The molecule has 0 aromatic carbocycles. The van der Waals surface area contributed by atoms with Crippen LogP contribution in [-0.2, 0) is 17.6 Å². The fraction of sp³-hybridized carbons (Fsp3) is 0.591. The predicted molar refractivity (Wildman–Crippen MR) is 122 cm³/mol. The molecule has 3 N–H and O–H groups in total. The van der Waals surface area contributed by atoms with Gasteiger partial charge in [-0.05, 0) is 38.7 Å². The minimum absolute atomic E-state index is 0.807. The number of pyridine rings is 1. The first-order valence-electron chi connectivity index (χ1n) is 11.3. The number of ether oxygens (including phenoxy) is 1. The molecule has 0 amide bonds. The maximum Gasteiger partial charge on any atom is 0.279 e. The van der Waals surface area contributed by atoms with E-state index >= 15 is 0 Å². The average Bonchev–Trinajstić information content (AvgIpc) is 3.41. The van der Waals surface area contributed by atoms with Gasteiger partial charge in [-0.1, -0.05) is 11.3 Å². The Morgan fingerprint density at radius 1 is 1.17 bits per heavy atom. The molecule has 0 spiro atoms. The van der Waals surface area contributed by atoms with Crippen LogP contribution >= 0.6 is 11.3 Å². The Morgan fingerprint density at radius 2 is 1.97 bits per heavy atom. The number of rotatable bonds is 7. The monoisotopic (exact) mass is 428 g/mol. The lowest BCUT2D eigenvalue weighted by Crippen LogP contribution is -3.12. The van der Waals surface area contributed by atoms with Crippen LogP contribution in [0.15, 0.2) is 6.33 Å². The first kappa shape index (κ1) is 19.9. The number of hydrogen-bond acceptors (Lipinski definition) is 6. The zero-order chi connectivity index (χ0) is 20.5. The number of anilines is 2. The average molecular weight is 429 g/mol. The minimum Gasteiger partial charge on any atom is -0.373 e. The van der Waals surface area contributed by atoms with Crippen molar-refractivity contribution in [2.75, 3.05) is 62.7 Å². The summed E-state index contributed by atoms with van der Waals surface area (Å²) in [6, 6.07) is 0. The van der Waals surface area contributed by atoms with Crippen molar-refractivity contribution in [1.29, 1.82) is 0 Å². The van der Waals surface area contributed by atoms with Gasteiger partial charge >= 0.3 is 0 Å². The van der Waals surface area contributed by atoms with E-state index < -0.39 is 0 Å². The van der Waals surface area contributed by atoms with Gasteiger partial charge in [0.1, 0.15) is 29.9 Å². The lowest BCUT2D eigenvalue weighted by atomic mass is 10.1. The van der Waals surface area contributed by atoms with E-state index in [0.717, 1.165) is 76.7 Å². The smallest absolute Gasteiger partial charge is 0.279 e. The van der Waals surface area contributed by atoms with Crippen LogP contribution < -0.4 is 20.1 Å². The number of aromatic amines is 1. The van der Waals surface area contributed by atoms with E-state index in [-0.39, 0.29) is 0 Å². The number of hydrogen-bond donors (Lipinski definition) is 2. The van der Waals surface area contributed by atoms with Gasteiger partial charge in [0.15, 0.2) is 4.83 Å². The molecular weight excluding hydrogens is 396 g/mol. The summed E-state index contributed by atoms with van der Waals surface area (Å²) in [6.45, 7) is 12.4. The summed E-state index contributed by atoms with van der Waals surface area (Å²) >= 11 is 1.80. The lowest BCUT2D eigenvalue weighted by Gasteiger charge is -2.23. The van der Waals surface area contributed by atoms with Crippen LogP contribution in [0.25, 0.3) is 20.4 Å². The number of likely N-dealkylation sites (N-methyl/N-ethyl adjacent to an activating group) is 1. The second kappa shape index (κ2) is 8.61. The Balaban J connectivity index is 1.54. The summed E-state index contributed by atoms with van der Waals surface area (Å²) in [6.07, 6.45) is 5.23. The summed E-state index contributed by atoms with van der Waals surface area (Å²) in [4.78, 5) is 18.4. The largest absolute Gasteiger partial charge is 0.373 e. The maximum absolute atomic E-state index is 5.58. The van der Waals surface area contributed by atoms with Crippen molar-refractivity contribution in [2.24, 2.45) is 0 Å². The Kier molecular flexibility index (Phi) is 5.71. The summed E-state index contributed by atoms with van der Waals surface area (Å²) in [5.41, 5.74) is 4.08. The SMILES string of the molecule is CC[NH+](CC)CCNc1ncnc2c1sc1[nH+]c(N3CCOCC3)c3c(c12)CCC3. The third-order valence-corrected chi connectivity index (χ3v) is 7.71. The van der Waals surface area contributed by atoms with E-state index in [0.29, 0.717) is 0 Å². The molecule has 0 saturated carbocycles. The van der Waals surface area contributed by atoms with E-state index in [1.54, 1.807) is 22.6 Å². The van der Waals surface area contributed by atoms with Crippen molar-refractivity contribution < 1.29 is 14.6 Å². The molecule has 0 atom stereocenters. The van der Waals surface area contributed by atoms with E-state index in [1.165, 1.54) is 38.3 Å². The number of quaternary nitrogens is 1. The first-order valence-corrected chi connectivity index (χ1v) is 12.2. The van der Waals surface area contributed by atoms with Gasteiger partial charge in [-0.15, -0.1) is 0 Å². The van der Waals surface area contributed by atoms with E-state index in [4.69, 9.17) is 9.72 Å². The third kappa shape index (κ3) is 3.50. The van der Waals surface area contributed by atoms with Gasteiger partial charge in [-0.25, -0.2) is 15.0 Å². The molecule has 1 saturated heterocycles. The number of nitrogens with one attached hydrogen (secondary N) is 3. The zero-order valence-corrected chi connectivity index (χ0v) is 18.8. The fourth-order valence-corrected chi connectivity index (χ4v) is 6.03. The summed E-state index contributed by atoms with van der Waals surface area (Å²) in [7, 11) is 0. The van der Waals surface area contributed by atoms with Crippen molar-refractivity contribution in [3.63, 3.8) is 0 Å². The first-order chi connectivity index (χ1) is 14.8. The van der Waals surface area contributed by atoms with Gasteiger partial charge in [0.2, 0.25) is 0 Å². The Bertz CT molecular complexity index is 1040. The molecule has 7 nitrogen and oxygen atoms in total. The molecule has 4 heterocycles. The van der Waals surface area contributed by atoms with Gasteiger partial charge < -0.3 is 15.0 Å². The Hall–Kier alpha value is -2.03. The van der Waals surface area contributed by atoms with Crippen LogP contribution in [0.1, 0.15) is 31.4 Å². The molecule has 1 fully saturated rings. The molecule has 1 aliphatic heterocycles. The highest BCUT2D eigenvalue weighted by atomic mass is 32.1. The molecule has 0 radical (unpaired) electrons. The number of aryl methyl sites for hydroxylation is 1. The second-order valence-electron chi connectivity index (χ2n) is 8.22. The number of fused-ring (bicyclic) bond motifs is 5. The van der Waals surface area contributed by atoms with Crippen LogP contribution in [0.4, 0.5) is 11.6 Å². The van der Waals surface area contributed by atoms with Crippen LogP contribution in [0.3, 0.4) is 0 Å². The molecule has 160 valence electrons. The van der Waals surface area contributed by atoms with Crippen LogP contribution in [0.5, 0.6) is 0 Å². The number of aromatic nitrogens is 3. The van der Waals surface area contributed by atoms with Crippen LogP contribution in [0.2, 0.25) is 0 Å². The molecular formula is C22H32N6OS+2. The van der Waals surface area contributed by atoms with E-state index in [2.05, 4.69) is 34.0 Å². The molecule has 0 bridgehead atoms. The normalized spacial score (nSPS) is 16.7. The van der Waals surface area contributed by atoms with E-state index in [9.17, 15) is 0 Å². The number of nitrogens with zero attached hydrogens (tertiary/aromatic N) is 3. The Morgan fingerprint density at radius 3 is 2.77 bits per heavy atom. The number of morpholine rings is 1. The highest BCUT2D eigenvalue weighted by Gasteiger charge is 2.31. The van der Waals surface area contributed by atoms with Crippen LogP contribution in [-0.4, -0.2) is 62.5 Å². The topological polar surface area (TPSA) is 68.9 Å². The van der Waals surface area contributed by atoms with Gasteiger partial charge in [-0.2, -0.15) is 0 Å². The van der Waals surface area contributed by atoms with Crippen molar-refractivity contribution in [1.82, 2.24) is 9.97 Å². The fourth-order valence-electron chi connectivity index (χ4n) is 4.89. The van der Waals surface area contributed by atoms with Gasteiger partial charge in [-0.3, -0.25) is 4.90 Å². The minimum atomic E-state index is 0.807. The summed E-state index contributed by atoms with van der Waals surface area (Å²) < 4.78 is 6.75. The molecule has 30 heavy (non-hydrogen) atoms. The molecule has 5 rings (SSSR count). The lowest BCUT2D eigenvalue weighted by molar-refractivity contribution is -0.894. The Labute approximate surface area is 181 Å². The maximum atomic E-state index is 5.58. The molecule has 3 aromatic rings. The quantitative estimate of drug-likeness (QED) is 0.594. The summed E-state index contributed by atoms with van der Waals surface area (Å²) in [5, 5.41) is 4.91. The number of thiophene rings is 1. The molecule has 2 aliphatic rings. The highest BCUT2D eigenvalue weighted by molar-refractivity contribution is 7.25.